The molecule has 14 heavy (non-hydrogen) atoms. The van der Waals surface area contributed by atoms with Gasteiger partial charge in [-0.05, 0) is 24.5 Å². The summed E-state index contributed by atoms with van der Waals surface area (Å²) in [6, 6.07) is 3.63. The Labute approximate surface area is 89.3 Å². The van der Waals surface area contributed by atoms with Crippen LogP contribution in [-0.2, 0) is 6.42 Å². The van der Waals surface area contributed by atoms with E-state index in [1.165, 1.54) is 0 Å². The highest BCUT2D eigenvalue weighted by molar-refractivity contribution is 6.29. The van der Waals surface area contributed by atoms with Gasteiger partial charge < -0.3 is 0 Å². The van der Waals surface area contributed by atoms with Gasteiger partial charge in [-0.15, -0.1) is 0 Å². The molecule has 1 aliphatic rings. The minimum atomic E-state index is 0.124. The number of nitrogens with zero attached hydrogens (tertiary/aromatic N) is 1. The fourth-order valence-corrected chi connectivity index (χ4v) is 1.61. The fourth-order valence-electron chi connectivity index (χ4n) is 1.47. The first-order valence-corrected chi connectivity index (χ1v) is 5.34. The van der Waals surface area contributed by atoms with E-state index in [9.17, 15) is 4.79 Å². The van der Waals surface area contributed by atoms with E-state index in [1.807, 2.05) is 19.9 Å². The maximum Gasteiger partial charge on any atom is 0.181 e. The first-order chi connectivity index (χ1) is 6.77. The van der Waals surface area contributed by atoms with Crippen molar-refractivity contribution in [3.05, 3.63) is 28.5 Å². The number of hydrogen-bond donors (Lipinski definition) is 0. The normalized spacial score (nSPS) is 14.1. The minimum Gasteiger partial charge on any atom is -0.292 e. The van der Waals surface area contributed by atoms with Crippen LogP contribution in [0.2, 0.25) is 5.15 Å². The molecule has 0 atom stereocenters. The summed E-state index contributed by atoms with van der Waals surface area (Å²) in [5.74, 6) is 0.124. The predicted molar refractivity (Wildman–Crippen MR) is 57.9 cm³/mol. The molecular weight excluding hydrogens is 198 g/mol. The van der Waals surface area contributed by atoms with Gasteiger partial charge in [0.25, 0.3) is 0 Å². The van der Waals surface area contributed by atoms with Gasteiger partial charge in [-0.25, -0.2) is 4.98 Å². The lowest BCUT2D eigenvalue weighted by Crippen LogP contribution is -2.12. The van der Waals surface area contributed by atoms with E-state index in [4.69, 9.17) is 11.6 Å². The molecule has 1 aliphatic carbocycles. The first-order valence-electron chi connectivity index (χ1n) is 4.96. The molecule has 1 aromatic rings. The Morgan fingerprint density at radius 2 is 2.00 bits per heavy atom. The second-order valence-corrected chi connectivity index (χ2v) is 3.31. The van der Waals surface area contributed by atoms with Gasteiger partial charge in [0.1, 0.15) is 10.8 Å². The maximum atomic E-state index is 11.3. The van der Waals surface area contributed by atoms with Gasteiger partial charge in [-0.2, -0.15) is 0 Å². The molecule has 3 heteroatoms. The average molecular weight is 212 g/mol. The van der Waals surface area contributed by atoms with Crippen LogP contribution in [-0.4, -0.2) is 10.8 Å². The van der Waals surface area contributed by atoms with Crippen LogP contribution in [0.5, 0.6) is 0 Å². The molecule has 0 saturated heterocycles. The molecule has 1 heterocycles. The molecule has 2 nitrogen and oxygen atoms in total. The molecule has 2 rings (SSSR count). The SMILES string of the molecule is CC.O=C1CCCc2ccc(Cl)nc21. The summed E-state index contributed by atoms with van der Waals surface area (Å²) in [4.78, 5) is 15.3. The Hall–Kier alpha value is -0.890. The van der Waals surface area contributed by atoms with Gasteiger partial charge in [-0.1, -0.05) is 31.5 Å². The van der Waals surface area contributed by atoms with Gasteiger partial charge in [-0.3, -0.25) is 4.79 Å². The molecule has 0 aliphatic heterocycles. The Kier molecular flexibility index (Phi) is 4.08. The lowest BCUT2D eigenvalue weighted by molar-refractivity contribution is 0.0967. The van der Waals surface area contributed by atoms with Crippen molar-refractivity contribution < 1.29 is 4.79 Å². The highest BCUT2D eigenvalue weighted by atomic mass is 35.5. The van der Waals surface area contributed by atoms with Gasteiger partial charge in [0.2, 0.25) is 0 Å². The Morgan fingerprint density at radius 1 is 1.29 bits per heavy atom. The predicted octanol–water partition coefficient (Wildman–Crippen LogP) is 3.28. The molecular formula is C11H14ClNO. The number of carbonyl (C=O) groups excluding carboxylic acids is 1. The van der Waals surface area contributed by atoms with Gasteiger partial charge in [0, 0.05) is 6.42 Å². The summed E-state index contributed by atoms with van der Waals surface area (Å²) in [7, 11) is 0. The van der Waals surface area contributed by atoms with Crippen LogP contribution >= 0.6 is 11.6 Å². The molecule has 0 unspecified atom stereocenters. The van der Waals surface area contributed by atoms with Crippen molar-refractivity contribution in [2.45, 2.75) is 33.1 Å². The van der Waals surface area contributed by atoms with E-state index in [0.29, 0.717) is 17.3 Å². The quantitative estimate of drug-likeness (QED) is 0.617. The monoisotopic (exact) mass is 211 g/mol. The molecule has 0 fully saturated rings. The highest BCUT2D eigenvalue weighted by Gasteiger charge is 2.18. The Morgan fingerprint density at radius 3 is 2.71 bits per heavy atom. The molecule has 0 aromatic carbocycles. The van der Waals surface area contributed by atoms with E-state index < -0.39 is 0 Å². The Balaban J connectivity index is 0.000000461. The molecule has 0 N–H and O–H groups in total. The van der Waals surface area contributed by atoms with Gasteiger partial charge >= 0.3 is 0 Å². The van der Waals surface area contributed by atoms with Gasteiger partial charge in [0.15, 0.2) is 5.78 Å². The number of Topliss-reactive ketones (excluding diaryl/α,β-unsaturated/α-hetero) is 1. The van der Waals surface area contributed by atoms with Crippen molar-refractivity contribution in [1.82, 2.24) is 4.98 Å². The van der Waals surface area contributed by atoms with Crippen molar-refractivity contribution in [3.63, 3.8) is 0 Å². The average Bonchev–Trinajstić information content (AvgIpc) is 2.22. The standard InChI is InChI=1S/C9H8ClNO.C2H6/c10-8-5-4-6-2-1-3-7(12)9(6)11-8;1-2/h4-5H,1-3H2;1-2H3. The number of ketones is 1. The summed E-state index contributed by atoms with van der Waals surface area (Å²) < 4.78 is 0. The molecule has 0 saturated carbocycles. The molecule has 0 bridgehead atoms. The number of hydrogen-bond acceptors (Lipinski definition) is 2. The third kappa shape index (κ3) is 2.32. The molecule has 0 amide bonds. The number of carbonyl (C=O) groups is 1. The van der Waals surface area contributed by atoms with E-state index in [2.05, 4.69) is 4.98 Å². The first kappa shape index (κ1) is 11.2. The third-order valence-electron chi connectivity index (χ3n) is 2.06. The second kappa shape index (κ2) is 5.11. The summed E-state index contributed by atoms with van der Waals surface area (Å²) in [6.45, 7) is 4.00. The van der Waals surface area contributed by atoms with E-state index in [1.54, 1.807) is 6.07 Å². The fraction of sp³-hybridized carbons (Fsp3) is 0.455. The van der Waals surface area contributed by atoms with Crippen LogP contribution in [0.1, 0.15) is 42.7 Å². The van der Waals surface area contributed by atoms with E-state index in [0.717, 1.165) is 18.4 Å². The molecule has 0 radical (unpaired) electrons. The Bertz CT molecular complexity index is 336. The number of rotatable bonds is 0. The van der Waals surface area contributed by atoms with Crippen molar-refractivity contribution in [2.75, 3.05) is 0 Å². The van der Waals surface area contributed by atoms with Crippen LogP contribution in [0.15, 0.2) is 12.1 Å². The number of aryl methyl sites for hydroxylation is 1. The zero-order valence-electron chi connectivity index (χ0n) is 8.51. The summed E-state index contributed by atoms with van der Waals surface area (Å²) in [6.07, 6.45) is 2.50. The second-order valence-electron chi connectivity index (χ2n) is 2.92. The van der Waals surface area contributed by atoms with Crippen LogP contribution in [0.4, 0.5) is 0 Å². The minimum absolute atomic E-state index is 0.124. The number of fused-ring (bicyclic) bond motifs is 1. The van der Waals surface area contributed by atoms with Crippen LogP contribution in [0.25, 0.3) is 0 Å². The summed E-state index contributed by atoms with van der Waals surface area (Å²) in [5, 5.41) is 0.406. The van der Waals surface area contributed by atoms with Crippen LogP contribution in [0.3, 0.4) is 0 Å². The van der Waals surface area contributed by atoms with Crippen molar-refractivity contribution in [1.29, 1.82) is 0 Å². The van der Waals surface area contributed by atoms with E-state index in [-0.39, 0.29) is 5.78 Å². The highest BCUT2D eigenvalue weighted by Crippen LogP contribution is 2.20. The number of halogens is 1. The lowest BCUT2D eigenvalue weighted by Gasteiger charge is -2.12. The topological polar surface area (TPSA) is 30.0 Å². The zero-order chi connectivity index (χ0) is 10.6. The summed E-state index contributed by atoms with van der Waals surface area (Å²) in [5.41, 5.74) is 1.62. The smallest absolute Gasteiger partial charge is 0.181 e. The van der Waals surface area contributed by atoms with Crippen molar-refractivity contribution >= 4 is 17.4 Å². The molecule has 1 aromatic heterocycles. The van der Waals surface area contributed by atoms with Crippen LogP contribution in [0, 0.1) is 0 Å². The largest absolute Gasteiger partial charge is 0.292 e. The van der Waals surface area contributed by atoms with E-state index >= 15 is 0 Å². The third-order valence-corrected chi connectivity index (χ3v) is 2.27. The molecule has 76 valence electrons. The number of aromatic nitrogens is 1. The molecule has 0 spiro atoms. The van der Waals surface area contributed by atoms with Gasteiger partial charge in [0.05, 0.1) is 0 Å². The number of pyridine rings is 1. The van der Waals surface area contributed by atoms with Crippen LogP contribution < -0.4 is 0 Å². The summed E-state index contributed by atoms with van der Waals surface area (Å²) >= 11 is 5.68. The lowest BCUT2D eigenvalue weighted by atomic mass is 9.95. The van der Waals surface area contributed by atoms with Crippen molar-refractivity contribution in [2.24, 2.45) is 0 Å². The van der Waals surface area contributed by atoms with Crippen molar-refractivity contribution in [3.8, 4) is 0 Å². The zero-order valence-corrected chi connectivity index (χ0v) is 9.27. The maximum absolute atomic E-state index is 11.3.